The van der Waals surface area contributed by atoms with Crippen LogP contribution in [0, 0.1) is 0 Å². The molecule has 3 heteroatoms. The second-order valence-electron chi connectivity index (χ2n) is 2.97. The summed E-state index contributed by atoms with van der Waals surface area (Å²) >= 11 is 5.72. The van der Waals surface area contributed by atoms with Gasteiger partial charge in [0, 0.05) is 30.6 Å². The van der Waals surface area contributed by atoms with Gasteiger partial charge in [0.2, 0.25) is 0 Å². The Balaban J connectivity index is 2.43. The fourth-order valence-corrected chi connectivity index (χ4v) is 1.69. The van der Waals surface area contributed by atoms with Crippen LogP contribution in [-0.2, 0) is 6.54 Å². The molecule has 11 heavy (non-hydrogen) atoms. The Kier molecular flexibility index (Phi) is 1.66. The average Bonchev–Trinajstić information content (AvgIpc) is 2.31. The Hall–Kier alpha value is -0.470. The number of halogens is 1. The minimum absolute atomic E-state index is 0.450. The van der Waals surface area contributed by atoms with E-state index < -0.39 is 0 Å². The van der Waals surface area contributed by atoms with E-state index in [-0.39, 0.29) is 0 Å². The maximum Gasteiger partial charge on any atom is 0.193 e. The van der Waals surface area contributed by atoms with Gasteiger partial charge in [0.1, 0.15) is 5.76 Å². The normalized spacial score (nSPS) is 23.3. The van der Waals surface area contributed by atoms with Crippen molar-refractivity contribution in [2.75, 3.05) is 6.54 Å². The van der Waals surface area contributed by atoms with Crippen LogP contribution in [0.3, 0.4) is 0 Å². The predicted molar refractivity (Wildman–Crippen MR) is 43.8 cm³/mol. The van der Waals surface area contributed by atoms with Crippen molar-refractivity contribution in [3.05, 3.63) is 22.6 Å². The van der Waals surface area contributed by atoms with Crippen LogP contribution in [0.5, 0.6) is 0 Å². The molecule has 1 unspecified atom stereocenters. The molecule has 1 N–H and O–H groups in total. The maximum atomic E-state index is 5.72. The summed E-state index contributed by atoms with van der Waals surface area (Å²) in [5.41, 5.74) is 1.20. The quantitative estimate of drug-likeness (QED) is 0.647. The second kappa shape index (κ2) is 2.54. The average molecular weight is 172 g/mol. The summed E-state index contributed by atoms with van der Waals surface area (Å²) in [6.45, 7) is 4.00. The number of furan rings is 1. The van der Waals surface area contributed by atoms with Crippen LogP contribution in [0.15, 0.2) is 10.5 Å². The van der Waals surface area contributed by atoms with Crippen LogP contribution in [0.25, 0.3) is 0 Å². The van der Waals surface area contributed by atoms with E-state index >= 15 is 0 Å². The highest BCUT2D eigenvalue weighted by atomic mass is 35.5. The van der Waals surface area contributed by atoms with Crippen LogP contribution in [0.1, 0.15) is 24.2 Å². The first kappa shape index (κ1) is 7.19. The van der Waals surface area contributed by atoms with Crippen molar-refractivity contribution >= 4 is 11.6 Å². The molecule has 2 nitrogen and oxygen atoms in total. The molecule has 0 radical (unpaired) electrons. The van der Waals surface area contributed by atoms with Crippen molar-refractivity contribution in [2.24, 2.45) is 0 Å². The number of fused-ring (bicyclic) bond motifs is 1. The molecule has 60 valence electrons. The summed E-state index contributed by atoms with van der Waals surface area (Å²) in [7, 11) is 0. The number of nitrogens with one attached hydrogen (secondary N) is 1. The maximum absolute atomic E-state index is 5.72. The molecule has 0 saturated heterocycles. The molecule has 2 rings (SSSR count). The van der Waals surface area contributed by atoms with Gasteiger partial charge in [0.25, 0.3) is 0 Å². The zero-order chi connectivity index (χ0) is 7.84. The van der Waals surface area contributed by atoms with E-state index in [1.807, 2.05) is 6.07 Å². The fraction of sp³-hybridized carbons (Fsp3) is 0.500. The smallest absolute Gasteiger partial charge is 0.193 e. The second-order valence-corrected chi connectivity index (χ2v) is 3.34. The largest absolute Gasteiger partial charge is 0.449 e. The highest BCUT2D eigenvalue weighted by Gasteiger charge is 2.20. The van der Waals surface area contributed by atoms with Gasteiger partial charge < -0.3 is 9.73 Å². The van der Waals surface area contributed by atoms with Crippen molar-refractivity contribution in [1.29, 1.82) is 0 Å². The Labute approximate surface area is 70.5 Å². The van der Waals surface area contributed by atoms with Crippen molar-refractivity contribution in [2.45, 2.75) is 19.4 Å². The Morgan fingerprint density at radius 3 is 3.27 bits per heavy atom. The van der Waals surface area contributed by atoms with E-state index in [1.54, 1.807) is 0 Å². The minimum Gasteiger partial charge on any atom is -0.449 e. The highest BCUT2D eigenvalue weighted by molar-refractivity contribution is 6.28. The van der Waals surface area contributed by atoms with Crippen molar-refractivity contribution in [1.82, 2.24) is 5.32 Å². The number of rotatable bonds is 0. The molecule has 1 atom stereocenters. The zero-order valence-corrected chi connectivity index (χ0v) is 7.11. The molecule has 0 aliphatic carbocycles. The Bertz CT molecular complexity index is 269. The van der Waals surface area contributed by atoms with Crippen LogP contribution in [-0.4, -0.2) is 6.54 Å². The van der Waals surface area contributed by atoms with Gasteiger partial charge in [-0.2, -0.15) is 0 Å². The molecule has 0 fully saturated rings. The molecule has 1 aromatic rings. The van der Waals surface area contributed by atoms with Gasteiger partial charge in [0.05, 0.1) is 0 Å². The SMILES string of the molecule is CC1CNCc2cc(Cl)oc21. The van der Waals surface area contributed by atoms with Crippen molar-refractivity contribution in [3.63, 3.8) is 0 Å². The van der Waals surface area contributed by atoms with Crippen molar-refractivity contribution < 1.29 is 4.42 Å². The van der Waals surface area contributed by atoms with Gasteiger partial charge in [-0.05, 0) is 11.6 Å². The van der Waals surface area contributed by atoms with E-state index in [2.05, 4.69) is 12.2 Å². The van der Waals surface area contributed by atoms with Gasteiger partial charge >= 0.3 is 0 Å². The number of hydrogen-bond acceptors (Lipinski definition) is 2. The van der Waals surface area contributed by atoms with Crippen LogP contribution in [0.4, 0.5) is 0 Å². The van der Waals surface area contributed by atoms with Gasteiger partial charge in [-0.25, -0.2) is 0 Å². The first-order valence-corrected chi connectivity index (χ1v) is 4.14. The lowest BCUT2D eigenvalue weighted by Gasteiger charge is -2.17. The molecule has 2 heterocycles. The summed E-state index contributed by atoms with van der Waals surface area (Å²) in [6.07, 6.45) is 0. The molecular weight excluding hydrogens is 162 g/mol. The summed E-state index contributed by atoms with van der Waals surface area (Å²) in [6, 6.07) is 1.89. The van der Waals surface area contributed by atoms with E-state index in [1.165, 1.54) is 5.56 Å². The lowest BCUT2D eigenvalue weighted by molar-refractivity contribution is 0.433. The topological polar surface area (TPSA) is 25.2 Å². The fourth-order valence-electron chi connectivity index (χ4n) is 1.48. The van der Waals surface area contributed by atoms with Crippen LogP contribution < -0.4 is 5.32 Å². The first-order chi connectivity index (χ1) is 5.27. The Morgan fingerprint density at radius 1 is 1.73 bits per heavy atom. The summed E-state index contributed by atoms with van der Waals surface area (Å²) in [4.78, 5) is 0. The molecular formula is C8H10ClNO. The molecule has 0 aromatic carbocycles. The van der Waals surface area contributed by atoms with E-state index in [0.717, 1.165) is 18.8 Å². The van der Waals surface area contributed by atoms with Crippen molar-refractivity contribution in [3.8, 4) is 0 Å². The lowest BCUT2D eigenvalue weighted by Crippen LogP contribution is -2.25. The third kappa shape index (κ3) is 1.17. The van der Waals surface area contributed by atoms with Crippen LogP contribution >= 0.6 is 11.6 Å². The molecule has 1 aromatic heterocycles. The monoisotopic (exact) mass is 171 g/mol. The van der Waals surface area contributed by atoms with Gasteiger partial charge in [-0.1, -0.05) is 6.92 Å². The van der Waals surface area contributed by atoms with E-state index in [0.29, 0.717) is 11.1 Å². The van der Waals surface area contributed by atoms with Crippen LogP contribution in [0.2, 0.25) is 5.22 Å². The predicted octanol–water partition coefficient (Wildman–Crippen LogP) is 2.14. The zero-order valence-electron chi connectivity index (χ0n) is 6.36. The third-order valence-electron chi connectivity index (χ3n) is 2.03. The standard InChI is InChI=1S/C8H10ClNO/c1-5-3-10-4-6-2-7(9)11-8(5)6/h2,5,10H,3-4H2,1H3. The summed E-state index contributed by atoms with van der Waals surface area (Å²) in [5, 5.41) is 3.79. The first-order valence-electron chi connectivity index (χ1n) is 3.76. The summed E-state index contributed by atoms with van der Waals surface area (Å²) < 4.78 is 5.34. The Morgan fingerprint density at radius 2 is 2.55 bits per heavy atom. The highest BCUT2D eigenvalue weighted by Crippen LogP contribution is 2.28. The molecule has 1 aliphatic heterocycles. The lowest BCUT2D eigenvalue weighted by atomic mass is 10.0. The van der Waals surface area contributed by atoms with E-state index in [4.69, 9.17) is 16.0 Å². The van der Waals surface area contributed by atoms with Gasteiger partial charge in [-0.3, -0.25) is 0 Å². The molecule has 1 aliphatic rings. The molecule has 0 bridgehead atoms. The molecule has 0 spiro atoms. The summed E-state index contributed by atoms with van der Waals surface area (Å²) in [5.74, 6) is 1.50. The van der Waals surface area contributed by atoms with Gasteiger partial charge in [0.15, 0.2) is 5.22 Å². The third-order valence-corrected chi connectivity index (χ3v) is 2.21. The van der Waals surface area contributed by atoms with Gasteiger partial charge in [-0.15, -0.1) is 0 Å². The number of hydrogen-bond donors (Lipinski definition) is 1. The van der Waals surface area contributed by atoms with E-state index in [9.17, 15) is 0 Å². The molecule has 0 amide bonds. The molecule has 0 saturated carbocycles. The minimum atomic E-state index is 0.450.